The van der Waals surface area contributed by atoms with E-state index in [-0.39, 0.29) is 41.5 Å². The lowest BCUT2D eigenvalue weighted by Gasteiger charge is -2.29. The fourth-order valence-corrected chi connectivity index (χ4v) is 5.62. The van der Waals surface area contributed by atoms with Gasteiger partial charge in [-0.2, -0.15) is 0 Å². The predicted octanol–water partition coefficient (Wildman–Crippen LogP) is 2.70. The molecule has 3 amide bonds. The number of thiazole rings is 1. The molecule has 0 aromatic carbocycles. The molecule has 2 heterocycles. The van der Waals surface area contributed by atoms with Crippen molar-refractivity contribution in [1.82, 2.24) is 25.8 Å². The Morgan fingerprint density at radius 3 is 2.60 bits per heavy atom. The third-order valence-corrected chi connectivity index (χ3v) is 8.06. The monoisotopic (exact) mass is 615 g/mol. The molecule has 0 saturated carbocycles. The van der Waals surface area contributed by atoms with E-state index in [1.54, 1.807) is 31.4 Å². The highest BCUT2D eigenvalue weighted by Crippen LogP contribution is 2.17. The van der Waals surface area contributed by atoms with Crippen LogP contribution in [0.5, 0.6) is 0 Å². The summed E-state index contributed by atoms with van der Waals surface area (Å²) in [4.78, 5) is 70.7. The van der Waals surface area contributed by atoms with E-state index < -0.39 is 41.5 Å². The number of thioether (sulfide) groups is 1. The van der Waals surface area contributed by atoms with Crippen molar-refractivity contribution in [2.75, 3.05) is 5.75 Å². The van der Waals surface area contributed by atoms with Crippen molar-refractivity contribution < 1.29 is 28.7 Å². The van der Waals surface area contributed by atoms with Crippen molar-refractivity contribution in [1.29, 1.82) is 0 Å². The lowest BCUT2D eigenvalue weighted by Crippen LogP contribution is -2.59. The molecule has 0 spiro atoms. The quantitative estimate of drug-likeness (QED) is 0.149. The van der Waals surface area contributed by atoms with Crippen LogP contribution in [-0.4, -0.2) is 63.3 Å². The second-order valence-corrected chi connectivity index (χ2v) is 12.8. The maximum Gasteiger partial charge on any atom is 0.329 e. The number of amides is 3. The summed E-state index contributed by atoms with van der Waals surface area (Å²) in [5.74, 6) is -2.04. The first-order chi connectivity index (χ1) is 18.7. The Hall–Kier alpha value is -2.48. The van der Waals surface area contributed by atoms with Gasteiger partial charge in [-0.15, -0.1) is 11.3 Å². The number of rotatable bonds is 8. The number of nitrogens with one attached hydrogen (secondary N) is 4. The number of hydrogen-bond acceptors (Lipinski definition) is 10. The fourth-order valence-electron chi connectivity index (χ4n) is 3.53. The van der Waals surface area contributed by atoms with Gasteiger partial charge in [0.1, 0.15) is 28.4 Å². The van der Waals surface area contributed by atoms with Crippen LogP contribution in [0.4, 0.5) is 0 Å². The van der Waals surface area contributed by atoms with Gasteiger partial charge in [0.2, 0.25) is 16.9 Å². The van der Waals surface area contributed by atoms with Crippen molar-refractivity contribution in [2.24, 2.45) is 11.8 Å². The van der Waals surface area contributed by atoms with Crippen LogP contribution in [0.1, 0.15) is 69.9 Å². The molecular formula is C26H38ClN5O6S2. The van der Waals surface area contributed by atoms with Gasteiger partial charge in [-0.05, 0) is 50.0 Å². The van der Waals surface area contributed by atoms with E-state index in [1.165, 1.54) is 25.2 Å². The van der Waals surface area contributed by atoms with Crippen LogP contribution in [-0.2, 0) is 30.5 Å². The molecule has 4 N–H and O–H groups in total. The number of carbonyl (C=O) groups excluding carboxylic acids is 5. The molecule has 0 unspecified atom stereocenters. The average Bonchev–Trinajstić information content (AvgIpc) is 3.34. The van der Waals surface area contributed by atoms with Crippen LogP contribution in [0.15, 0.2) is 17.5 Å². The molecule has 0 fully saturated rings. The predicted molar refractivity (Wildman–Crippen MR) is 156 cm³/mol. The summed E-state index contributed by atoms with van der Waals surface area (Å²) in [6.07, 6.45) is 2.77. The van der Waals surface area contributed by atoms with Crippen molar-refractivity contribution in [3.05, 3.63) is 28.2 Å². The lowest BCUT2D eigenvalue weighted by atomic mass is 9.99. The second-order valence-electron chi connectivity index (χ2n) is 10.6. The van der Waals surface area contributed by atoms with Gasteiger partial charge in [0.25, 0.3) is 5.91 Å². The summed E-state index contributed by atoms with van der Waals surface area (Å²) in [7, 11) is 0. The van der Waals surface area contributed by atoms with E-state index in [0.717, 1.165) is 11.8 Å². The number of ether oxygens (including phenoxy) is 1. The van der Waals surface area contributed by atoms with E-state index in [4.69, 9.17) is 16.5 Å². The standard InChI is InChI=1S/C26H38ClN5O6S2/c1-14(2)20-23(35)38-16(9-7-8-10-39-24(36)21(32-27)15(3)4)11-18(33)28-12-19-29-17(13-40-19)22(34)31-26(5,6)25(37)30-20/h7,9,13-16,20-21,32H,8,10-12H2,1-6H3,(H,28,33)(H,30,37)(H,31,34)/b9-7+/t16-,20+,21-/m1/s1. The van der Waals surface area contributed by atoms with Crippen LogP contribution in [0.25, 0.3) is 0 Å². The number of fused-ring (bicyclic) bond motifs is 2. The van der Waals surface area contributed by atoms with Gasteiger partial charge in [-0.25, -0.2) is 14.6 Å². The molecule has 1 aromatic heterocycles. The first kappa shape index (κ1) is 33.7. The van der Waals surface area contributed by atoms with Gasteiger partial charge in [-0.1, -0.05) is 45.5 Å². The molecule has 0 aliphatic carbocycles. The van der Waals surface area contributed by atoms with E-state index in [2.05, 4.69) is 25.8 Å². The molecule has 222 valence electrons. The first-order valence-corrected chi connectivity index (χ1v) is 15.2. The molecule has 3 atom stereocenters. The topological polar surface area (TPSA) is 156 Å². The largest absolute Gasteiger partial charge is 0.456 e. The zero-order valence-electron chi connectivity index (χ0n) is 23.5. The van der Waals surface area contributed by atoms with Gasteiger partial charge in [0.05, 0.1) is 19.0 Å². The number of halogens is 1. The summed E-state index contributed by atoms with van der Waals surface area (Å²) in [6, 6.07) is -1.49. The Bertz CT molecular complexity index is 1110. The molecule has 0 saturated heterocycles. The maximum absolute atomic E-state index is 13.2. The summed E-state index contributed by atoms with van der Waals surface area (Å²) < 4.78 is 5.67. The number of allylic oxidation sites excluding steroid dienone is 1. The van der Waals surface area contributed by atoms with Gasteiger partial charge in [-0.3, -0.25) is 19.2 Å². The van der Waals surface area contributed by atoms with Crippen molar-refractivity contribution in [3.63, 3.8) is 0 Å². The van der Waals surface area contributed by atoms with Crippen LogP contribution >= 0.6 is 34.9 Å². The molecule has 0 radical (unpaired) electrons. The van der Waals surface area contributed by atoms with E-state index in [1.807, 2.05) is 13.8 Å². The number of hydrogen-bond donors (Lipinski definition) is 4. The van der Waals surface area contributed by atoms with E-state index in [9.17, 15) is 24.0 Å². The molecule has 2 bridgehead atoms. The minimum Gasteiger partial charge on any atom is -0.456 e. The smallest absolute Gasteiger partial charge is 0.329 e. The Labute approximate surface area is 248 Å². The highest BCUT2D eigenvalue weighted by molar-refractivity contribution is 8.13. The van der Waals surface area contributed by atoms with Gasteiger partial charge in [0, 0.05) is 11.1 Å². The van der Waals surface area contributed by atoms with Gasteiger partial charge < -0.3 is 20.7 Å². The minimum absolute atomic E-state index is 0.0385. The van der Waals surface area contributed by atoms with Gasteiger partial charge >= 0.3 is 5.97 Å². The van der Waals surface area contributed by atoms with Crippen LogP contribution < -0.4 is 20.8 Å². The molecule has 1 aromatic rings. The first-order valence-electron chi connectivity index (χ1n) is 13.0. The SMILES string of the molecule is CC(C)[C@@H]1NC(=O)C(C)(C)NC(=O)c2csc(n2)CNC(=O)C[C@@H](/C=C/CCSC(=O)[C@H](NCl)C(C)C)OC1=O. The fraction of sp³-hybridized carbons (Fsp3) is 0.615. The molecule has 14 heteroatoms. The molecule has 2 rings (SSSR count). The Balaban J connectivity index is 2.21. The van der Waals surface area contributed by atoms with Crippen LogP contribution in [0.3, 0.4) is 0 Å². The summed E-state index contributed by atoms with van der Waals surface area (Å²) in [6.45, 7) is 10.4. The zero-order chi connectivity index (χ0) is 30.0. The summed E-state index contributed by atoms with van der Waals surface area (Å²) in [5.41, 5.74) is -1.22. The van der Waals surface area contributed by atoms with Crippen molar-refractivity contribution >= 4 is 63.7 Å². The highest BCUT2D eigenvalue weighted by atomic mass is 35.5. The molecule has 1 aliphatic heterocycles. The Kier molecular flexibility index (Phi) is 13.1. The molecule has 1 aliphatic rings. The Morgan fingerprint density at radius 2 is 1.98 bits per heavy atom. The third kappa shape index (κ3) is 10.2. The highest BCUT2D eigenvalue weighted by Gasteiger charge is 2.36. The number of aromatic nitrogens is 1. The van der Waals surface area contributed by atoms with Crippen molar-refractivity contribution in [3.8, 4) is 0 Å². The van der Waals surface area contributed by atoms with Crippen LogP contribution in [0.2, 0.25) is 0 Å². The number of esters is 1. The third-order valence-electron chi connectivity index (χ3n) is 5.99. The number of nitrogens with zero attached hydrogens (tertiary/aromatic N) is 1. The summed E-state index contributed by atoms with van der Waals surface area (Å²) >= 11 is 8.02. The normalized spacial score (nSPS) is 21.6. The van der Waals surface area contributed by atoms with Crippen molar-refractivity contribution in [2.45, 2.75) is 84.7 Å². The Morgan fingerprint density at radius 1 is 1.27 bits per heavy atom. The van der Waals surface area contributed by atoms with E-state index >= 15 is 0 Å². The van der Waals surface area contributed by atoms with Gasteiger partial charge in [0.15, 0.2) is 0 Å². The number of carbonyl (C=O) groups is 5. The average molecular weight is 616 g/mol. The number of cyclic esters (lactones) is 1. The summed E-state index contributed by atoms with van der Waals surface area (Å²) in [5, 5.41) is 10.0. The minimum atomic E-state index is -1.35. The zero-order valence-corrected chi connectivity index (χ0v) is 25.9. The maximum atomic E-state index is 13.2. The molecular weight excluding hydrogens is 578 g/mol. The molecule has 11 nitrogen and oxygen atoms in total. The second kappa shape index (κ2) is 15.5. The molecule has 40 heavy (non-hydrogen) atoms. The van der Waals surface area contributed by atoms with Crippen LogP contribution in [0, 0.1) is 11.8 Å². The lowest BCUT2D eigenvalue weighted by molar-refractivity contribution is -0.153. The van der Waals surface area contributed by atoms with E-state index in [0.29, 0.717) is 17.2 Å².